The fourth-order valence-electron chi connectivity index (χ4n) is 2.19. The van der Waals surface area contributed by atoms with Crippen molar-refractivity contribution in [3.05, 3.63) is 29.1 Å². The predicted octanol–water partition coefficient (Wildman–Crippen LogP) is 1.06. The van der Waals surface area contributed by atoms with Crippen LogP contribution in [0.15, 0.2) is 23.4 Å². The third kappa shape index (κ3) is 3.41. The number of nitrogens with one attached hydrogen (secondary N) is 1. The van der Waals surface area contributed by atoms with Crippen molar-refractivity contribution in [3.63, 3.8) is 0 Å². The molecule has 1 N–H and O–H groups in total. The summed E-state index contributed by atoms with van der Waals surface area (Å²) in [4.78, 5) is 15.9. The summed E-state index contributed by atoms with van der Waals surface area (Å²) in [7, 11) is 0. The molecule has 0 aliphatic carbocycles. The maximum Gasteiger partial charge on any atom is 0.350 e. The highest BCUT2D eigenvalue weighted by Crippen LogP contribution is 2.02. The molecule has 0 aromatic carbocycles. The summed E-state index contributed by atoms with van der Waals surface area (Å²) >= 11 is 0. The Morgan fingerprint density at radius 1 is 1.42 bits per heavy atom. The van der Waals surface area contributed by atoms with E-state index < -0.39 is 0 Å². The van der Waals surface area contributed by atoms with Gasteiger partial charge in [-0.2, -0.15) is 0 Å². The Morgan fingerprint density at radius 3 is 3.00 bits per heavy atom. The van der Waals surface area contributed by atoms with Gasteiger partial charge in [0.1, 0.15) is 0 Å². The largest absolute Gasteiger partial charge is 0.350 e. The van der Waals surface area contributed by atoms with Gasteiger partial charge in [0, 0.05) is 25.0 Å². The Kier molecular flexibility index (Phi) is 4.68. The molecule has 2 heterocycles. The van der Waals surface area contributed by atoms with E-state index in [1.807, 2.05) is 0 Å². The van der Waals surface area contributed by atoms with Gasteiger partial charge >= 0.3 is 5.69 Å². The van der Waals surface area contributed by atoms with Gasteiger partial charge in [0.15, 0.2) is 5.65 Å². The Balaban J connectivity index is 1.88. The number of hydrogen-bond acceptors (Lipinski definition) is 4. The van der Waals surface area contributed by atoms with Gasteiger partial charge in [-0.1, -0.05) is 13.3 Å². The highest BCUT2D eigenvalue weighted by Gasteiger charge is 2.06. The monoisotopic (exact) mass is 263 g/mol. The smallest absolute Gasteiger partial charge is 0.315 e. The zero-order chi connectivity index (χ0) is 13.7. The first-order chi connectivity index (χ1) is 9.22. The minimum Gasteiger partial charge on any atom is -0.315 e. The molecule has 104 valence electrons. The second-order valence-corrected chi connectivity index (χ2v) is 4.76. The number of nitrogens with zero attached hydrogens (tertiary/aromatic N) is 4. The molecule has 2 aromatic rings. The van der Waals surface area contributed by atoms with Crippen molar-refractivity contribution >= 4 is 5.65 Å². The van der Waals surface area contributed by atoms with Crippen molar-refractivity contribution in [1.82, 2.24) is 24.5 Å². The van der Waals surface area contributed by atoms with Crippen LogP contribution in [0.5, 0.6) is 0 Å². The molecular formula is C13H21N5O. The van der Waals surface area contributed by atoms with Crippen molar-refractivity contribution in [2.45, 2.75) is 45.7 Å². The van der Waals surface area contributed by atoms with E-state index in [4.69, 9.17) is 0 Å². The van der Waals surface area contributed by atoms with Gasteiger partial charge in [-0.15, -0.1) is 5.10 Å². The van der Waals surface area contributed by atoms with Crippen LogP contribution in [0.4, 0.5) is 0 Å². The number of fused-ring (bicyclic) bond motifs is 1. The normalized spacial score (nSPS) is 12.9. The topological polar surface area (TPSA) is 64.2 Å². The number of hydrogen-bond donors (Lipinski definition) is 1. The van der Waals surface area contributed by atoms with Crippen LogP contribution in [0.2, 0.25) is 0 Å². The predicted molar refractivity (Wildman–Crippen MR) is 74.2 cm³/mol. The van der Waals surface area contributed by atoms with Crippen molar-refractivity contribution in [3.8, 4) is 0 Å². The fourth-order valence-corrected chi connectivity index (χ4v) is 2.19. The lowest BCUT2D eigenvalue weighted by molar-refractivity contribution is 0.470. The van der Waals surface area contributed by atoms with E-state index in [-0.39, 0.29) is 5.69 Å². The van der Waals surface area contributed by atoms with Gasteiger partial charge < -0.3 is 5.32 Å². The quantitative estimate of drug-likeness (QED) is 0.759. The van der Waals surface area contributed by atoms with Gasteiger partial charge in [0.05, 0.1) is 6.20 Å². The molecule has 0 saturated heterocycles. The summed E-state index contributed by atoms with van der Waals surface area (Å²) in [5.41, 5.74) is 0.519. The standard InChI is InChI=1S/C13H21N5O/c1-3-15-11(2)6-4-5-8-18-13(19)17-9-7-14-10-12(17)16-18/h7,9-11,15H,3-6,8H2,1-2H3. The Labute approximate surface area is 112 Å². The third-order valence-electron chi connectivity index (χ3n) is 3.20. The molecule has 19 heavy (non-hydrogen) atoms. The number of aromatic nitrogens is 4. The summed E-state index contributed by atoms with van der Waals surface area (Å²) in [5, 5.41) is 7.63. The van der Waals surface area contributed by atoms with Gasteiger partial charge in [0.25, 0.3) is 0 Å². The number of unbranched alkanes of at least 4 members (excludes halogenated alkanes) is 1. The van der Waals surface area contributed by atoms with E-state index >= 15 is 0 Å². The SMILES string of the molecule is CCNC(C)CCCCn1nc2cnccn2c1=O. The average molecular weight is 263 g/mol. The van der Waals surface area contributed by atoms with Gasteiger partial charge in [0.2, 0.25) is 0 Å². The van der Waals surface area contributed by atoms with Crippen molar-refractivity contribution < 1.29 is 0 Å². The highest BCUT2D eigenvalue weighted by molar-refractivity contribution is 5.31. The maximum atomic E-state index is 12.0. The summed E-state index contributed by atoms with van der Waals surface area (Å²) in [6.07, 6.45) is 8.02. The van der Waals surface area contributed by atoms with Crippen LogP contribution in [-0.2, 0) is 6.54 Å². The molecule has 1 unspecified atom stereocenters. The minimum atomic E-state index is -0.0860. The second kappa shape index (κ2) is 6.47. The fraction of sp³-hybridized carbons (Fsp3) is 0.615. The van der Waals surface area contributed by atoms with E-state index in [1.54, 1.807) is 18.6 Å². The summed E-state index contributed by atoms with van der Waals surface area (Å²) < 4.78 is 3.04. The van der Waals surface area contributed by atoms with Gasteiger partial charge in [-0.05, 0) is 26.3 Å². The molecule has 0 aliphatic heterocycles. The van der Waals surface area contributed by atoms with E-state index in [0.717, 1.165) is 25.8 Å². The van der Waals surface area contributed by atoms with Crippen LogP contribution in [0.25, 0.3) is 5.65 Å². The van der Waals surface area contributed by atoms with Gasteiger partial charge in [-0.3, -0.25) is 4.98 Å². The third-order valence-corrected chi connectivity index (χ3v) is 3.20. The molecule has 0 radical (unpaired) electrons. The molecule has 0 amide bonds. The first-order valence-corrected chi connectivity index (χ1v) is 6.85. The van der Waals surface area contributed by atoms with Crippen LogP contribution < -0.4 is 11.0 Å². The van der Waals surface area contributed by atoms with Crippen molar-refractivity contribution in [2.75, 3.05) is 6.54 Å². The Hall–Kier alpha value is -1.69. The van der Waals surface area contributed by atoms with Crippen molar-refractivity contribution in [2.24, 2.45) is 0 Å². The maximum absolute atomic E-state index is 12.0. The zero-order valence-corrected chi connectivity index (χ0v) is 11.5. The Morgan fingerprint density at radius 2 is 2.26 bits per heavy atom. The molecule has 0 bridgehead atoms. The lowest BCUT2D eigenvalue weighted by atomic mass is 10.1. The molecule has 0 saturated carbocycles. The van der Waals surface area contributed by atoms with Crippen molar-refractivity contribution in [1.29, 1.82) is 0 Å². The lowest BCUT2D eigenvalue weighted by Crippen LogP contribution is -2.25. The Bertz CT molecular complexity index is 574. The second-order valence-electron chi connectivity index (χ2n) is 4.76. The van der Waals surface area contributed by atoms with Crippen LogP contribution in [-0.4, -0.2) is 31.8 Å². The first-order valence-electron chi connectivity index (χ1n) is 6.85. The zero-order valence-electron chi connectivity index (χ0n) is 11.5. The molecule has 2 rings (SSSR count). The summed E-state index contributed by atoms with van der Waals surface area (Å²) in [6, 6.07) is 0.534. The molecule has 2 aromatic heterocycles. The van der Waals surface area contributed by atoms with Crippen LogP contribution in [0.1, 0.15) is 33.1 Å². The van der Waals surface area contributed by atoms with E-state index in [1.165, 1.54) is 9.08 Å². The van der Waals surface area contributed by atoms with Gasteiger partial charge in [-0.25, -0.2) is 13.9 Å². The number of rotatable bonds is 7. The molecule has 6 heteroatoms. The van der Waals surface area contributed by atoms with Crippen LogP contribution in [0, 0.1) is 0 Å². The summed E-state index contributed by atoms with van der Waals surface area (Å²) in [5.74, 6) is 0. The lowest BCUT2D eigenvalue weighted by Gasteiger charge is -2.11. The van der Waals surface area contributed by atoms with E-state index in [9.17, 15) is 4.79 Å². The van der Waals surface area contributed by atoms with E-state index in [0.29, 0.717) is 18.2 Å². The molecule has 1 atom stereocenters. The highest BCUT2D eigenvalue weighted by atomic mass is 16.2. The molecule has 0 aliphatic rings. The minimum absolute atomic E-state index is 0.0860. The number of aryl methyl sites for hydroxylation is 1. The molecular weight excluding hydrogens is 242 g/mol. The van der Waals surface area contributed by atoms with E-state index in [2.05, 4.69) is 29.2 Å². The molecule has 0 spiro atoms. The van der Waals surface area contributed by atoms with Crippen LogP contribution in [0.3, 0.4) is 0 Å². The first kappa shape index (κ1) is 13.7. The average Bonchev–Trinajstić information content (AvgIpc) is 2.73. The molecule has 0 fully saturated rings. The molecule has 6 nitrogen and oxygen atoms in total. The summed E-state index contributed by atoms with van der Waals surface area (Å²) in [6.45, 7) is 5.96. The van der Waals surface area contributed by atoms with Crippen LogP contribution >= 0.6 is 0 Å².